The van der Waals surface area contributed by atoms with Gasteiger partial charge in [0.2, 0.25) is 0 Å². The Bertz CT molecular complexity index is 301. The van der Waals surface area contributed by atoms with Crippen LogP contribution < -0.4 is 0 Å². The van der Waals surface area contributed by atoms with Gasteiger partial charge in [0.15, 0.2) is 0 Å². The van der Waals surface area contributed by atoms with Crippen LogP contribution in [-0.2, 0) is 5.41 Å². The van der Waals surface area contributed by atoms with E-state index in [9.17, 15) is 0 Å². The van der Waals surface area contributed by atoms with Crippen LogP contribution in [0.1, 0.15) is 31.4 Å². The Hall–Kier alpha value is -0.780. The summed E-state index contributed by atoms with van der Waals surface area (Å²) in [5.41, 5.74) is 3.49. The van der Waals surface area contributed by atoms with Crippen molar-refractivity contribution in [1.29, 1.82) is 0 Å². The first-order valence-electron chi connectivity index (χ1n) is 4.71. The van der Waals surface area contributed by atoms with Gasteiger partial charge in [-0.1, -0.05) is 38.1 Å². The van der Waals surface area contributed by atoms with Crippen molar-refractivity contribution in [1.82, 2.24) is 0 Å². The lowest BCUT2D eigenvalue weighted by Gasteiger charge is -2.13. The molecule has 1 aromatic rings. The Morgan fingerprint density at radius 1 is 1.33 bits per heavy atom. The van der Waals surface area contributed by atoms with E-state index in [2.05, 4.69) is 45.0 Å². The van der Waals surface area contributed by atoms with Crippen LogP contribution in [0.4, 0.5) is 0 Å². The van der Waals surface area contributed by atoms with Crippen LogP contribution in [0.15, 0.2) is 24.3 Å². The molecule has 0 nitrogen and oxygen atoms in total. The first-order chi connectivity index (χ1) is 5.64. The molecule has 0 spiro atoms. The summed E-state index contributed by atoms with van der Waals surface area (Å²) in [6.07, 6.45) is 1.36. The average Bonchev–Trinajstić information content (AvgIpc) is 2.61. The summed E-state index contributed by atoms with van der Waals surface area (Å²) < 4.78 is 0. The van der Waals surface area contributed by atoms with Crippen molar-refractivity contribution in [3.63, 3.8) is 0 Å². The van der Waals surface area contributed by atoms with Crippen LogP contribution in [0.2, 0.25) is 0 Å². The van der Waals surface area contributed by atoms with E-state index in [1.165, 1.54) is 12.0 Å². The Kier molecular flexibility index (Phi) is 1.54. The smallest absolute Gasteiger partial charge is 0.00439 e. The van der Waals surface area contributed by atoms with Gasteiger partial charge in [-0.2, -0.15) is 0 Å². The van der Waals surface area contributed by atoms with Gasteiger partial charge in [-0.25, -0.2) is 0 Å². The van der Waals surface area contributed by atoms with Crippen LogP contribution in [-0.4, -0.2) is 0 Å². The molecule has 1 aliphatic carbocycles. The highest BCUT2D eigenvalue weighted by atomic mass is 14.5. The molecule has 0 heteroatoms. The lowest BCUT2D eigenvalue weighted by molar-refractivity contribution is 0.697. The molecule has 0 saturated heterocycles. The summed E-state index contributed by atoms with van der Waals surface area (Å²) in [5, 5.41) is 0. The largest absolute Gasteiger partial charge is 0.0620 e. The van der Waals surface area contributed by atoms with E-state index in [1.807, 2.05) is 0 Å². The van der Waals surface area contributed by atoms with Gasteiger partial charge >= 0.3 is 0 Å². The summed E-state index contributed by atoms with van der Waals surface area (Å²) in [7, 11) is 0. The Labute approximate surface area is 74.6 Å². The molecule has 0 N–H and O–H groups in total. The minimum atomic E-state index is 0.491. The second-order valence-corrected chi connectivity index (χ2v) is 4.34. The van der Waals surface area contributed by atoms with Gasteiger partial charge in [0.05, 0.1) is 0 Å². The summed E-state index contributed by atoms with van der Waals surface area (Å²) in [4.78, 5) is 0. The topological polar surface area (TPSA) is 0 Å². The number of hydrogen-bond donors (Lipinski definition) is 0. The van der Waals surface area contributed by atoms with E-state index in [1.54, 1.807) is 5.56 Å². The molecular weight excluding hydrogens is 144 g/mol. The first-order valence-corrected chi connectivity index (χ1v) is 4.71. The van der Waals surface area contributed by atoms with E-state index in [0.717, 1.165) is 5.92 Å². The average molecular weight is 160 g/mol. The summed E-state index contributed by atoms with van der Waals surface area (Å²) in [6.45, 7) is 6.93. The van der Waals surface area contributed by atoms with Crippen molar-refractivity contribution in [3.8, 4) is 0 Å². The Morgan fingerprint density at radius 3 is 2.42 bits per heavy atom. The molecule has 64 valence electrons. The second-order valence-electron chi connectivity index (χ2n) is 4.34. The van der Waals surface area contributed by atoms with Crippen molar-refractivity contribution in [2.75, 3.05) is 0 Å². The van der Waals surface area contributed by atoms with Crippen molar-refractivity contribution in [2.24, 2.45) is 5.92 Å². The van der Waals surface area contributed by atoms with Gasteiger partial charge in [0, 0.05) is 0 Å². The minimum Gasteiger partial charge on any atom is -0.0620 e. The molecule has 0 heterocycles. The third kappa shape index (κ3) is 0.979. The molecule has 0 bridgehead atoms. The van der Waals surface area contributed by atoms with Crippen LogP contribution >= 0.6 is 0 Å². The molecule has 2 atom stereocenters. The van der Waals surface area contributed by atoms with Gasteiger partial charge in [-0.3, -0.25) is 0 Å². The monoisotopic (exact) mass is 160 g/mol. The van der Waals surface area contributed by atoms with Crippen LogP contribution in [0.5, 0.6) is 0 Å². The molecule has 1 saturated carbocycles. The molecular formula is C12H16. The van der Waals surface area contributed by atoms with Crippen LogP contribution in [0.3, 0.4) is 0 Å². The number of benzene rings is 1. The predicted octanol–water partition coefficient (Wildman–Crippen LogP) is 3.29. The zero-order valence-electron chi connectivity index (χ0n) is 8.09. The maximum absolute atomic E-state index is 2.38. The van der Waals surface area contributed by atoms with E-state index < -0.39 is 0 Å². The molecule has 1 fully saturated rings. The number of rotatable bonds is 1. The zero-order valence-corrected chi connectivity index (χ0v) is 8.09. The third-order valence-corrected chi connectivity index (χ3v) is 3.42. The quantitative estimate of drug-likeness (QED) is 0.591. The van der Waals surface area contributed by atoms with Crippen molar-refractivity contribution in [3.05, 3.63) is 35.4 Å². The molecule has 0 radical (unpaired) electrons. The van der Waals surface area contributed by atoms with E-state index in [-0.39, 0.29) is 0 Å². The van der Waals surface area contributed by atoms with Gasteiger partial charge in [-0.15, -0.1) is 0 Å². The lowest BCUT2D eigenvalue weighted by atomic mass is 9.92. The molecule has 12 heavy (non-hydrogen) atoms. The fraction of sp³-hybridized carbons (Fsp3) is 0.500. The zero-order chi connectivity index (χ0) is 8.77. The standard InChI is InChI=1S/C12H16/c1-9-6-4-5-7-11(9)12(3)8-10(12)2/h4-7,10H,8H2,1-3H3. The van der Waals surface area contributed by atoms with E-state index in [4.69, 9.17) is 0 Å². The lowest BCUT2D eigenvalue weighted by Crippen LogP contribution is -2.04. The fourth-order valence-electron chi connectivity index (χ4n) is 2.17. The third-order valence-electron chi connectivity index (χ3n) is 3.42. The highest BCUT2D eigenvalue weighted by Crippen LogP contribution is 2.54. The molecule has 0 amide bonds. The molecule has 1 aromatic carbocycles. The normalized spacial score (nSPS) is 33.4. The van der Waals surface area contributed by atoms with Crippen molar-refractivity contribution in [2.45, 2.75) is 32.6 Å². The first kappa shape index (κ1) is 7.85. The summed E-state index contributed by atoms with van der Waals surface area (Å²) in [6, 6.07) is 8.76. The molecule has 0 aromatic heterocycles. The maximum Gasteiger partial charge on any atom is -0.00439 e. The van der Waals surface area contributed by atoms with Gasteiger partial charge in [-0.05, 0) is 35.8 Å². The van der Waals surface area contributed by atoms with E-state index >= 15 is 0 Å². The molecule has 1 aliphatic rings. The second kappa shape index (κ2) is 2.35. The molecule has 2 rings (SSSR count). The van der Waals surface area contributed by atoms with Crippen molar-refractivity contribution >= 4 is 0 Å². The van der Waals surface area contributed by atoms with Crippen molar-refractivity contribution < 1.29 is 0 Å². The van der Waals surface area contributed by atoms with Gasteiger partial charge < -0.3 is 0 Å². The van der Waals surface area contributed by atoms with Gasteiger partial charge in [0.25, 0.3) is 0 Å². The number of hydrogen-bond acceptors (Lipinski definition) is 0. The SMILES string of the molecule is Cc1ccccc1C1(C)CC1C. The summed E-state index contributed by atoms with van der Waals surface area (Å²) in [5.74, 6) is 0.874. The maximum atomic E-state index is 2.38. The molecule has 2 unspecified atom stereocenters. The predicted molar refractivity (Wildman–Crippen MR) is 52.3 cm³/mol. The van der Waals surface area contributed by atoms with E-state index in [0.29, 0.717) is 5.41 Å². The number of aryl methyl sites for hydroxylation is 1. The summed E-state index contributed by atoms with van der Waals surface area (Å²) >= 11 is 0. The van der Waals surface area contributed by atoms with Crippen LogP contribution in [0, 0.1) is 12.8 Å². The fourth-order valence-corrected chi connectivity index (χ4v) is 2.17. The minimum absolute atomic E-state index is 0.491. The van der Waals surface area contributed by atoms with Crippen LogP contribution in [0.25, 0.3) is 0 Å². The Morgan fingerprint density at radius 2 is 1.92 bits per heavy atom. The highest BCUT2D eigenvalue weighted by molar-refractivity contribution is 5.38. The Balaban J connectivity index is 2.41. The molecule has 0 aliphatic heterocycles. The van der Waals surface area contributed by atoms with Gasteiger partial charge in [0.1, 0.15) is 0 Å². The highest BCUT2D eigenvalue weighted by Gasteiger charge is 2.48.